The molecule has 4 rings (SSSR count). The standard InChI is InChI=1S/C21H26N4O5/c22-19(28)14-6-10-24(11-7-14)18(27)13-25-12-9-21(8-5-17(25)26)23-20(29)15-3-1-2-4-16(15)30-21/h1-4,14H,5-13H2,(H2,22,28)(H,23,29)/t21-/m0/s1. The smallest absolute Gasteiger partial charge is 0.258 e. The molecule has 1 spiro atoms. The van der Waals surface area contributed by atoms with E-state index in [4.69, 9.17) is 10.5 Å². The van der Waals surface area contributed by atoms with Gasteiger partial charge < -0.3 is 25.6 Å². The van der Waals surface area contributed by atoms with Gasteiger partial charge in [0.2, 0.25) is 17.7 Å². The zero-order valence-corrected chi connectivity index (χ0v) is 16.8. The molecule has 2 saturated heterocycles. The largest absolute Gasteiger partial charge is 0.467 e. The number of rotatable bonds is 3. The Kier molecular flexibility index (Phi) is 5.36. The molecule has 9 nitrogen and oxygen atoms in total. The zero-order valence-electron chi connectivity index (χ0n) is 16.8. The maximum atomic E-state index is 12.7. The van der Waals surface area contributed by atoms with Crippen LogP contribution in [0.2, 0.25) is 0 Å². The number of hydrogen-bond donors (Lipinski definition) is 2. The molecule has 0 aromatic heterocycles. The monoisotopic (exact) mass is 414 g/mol. The molecule has 3 aliphatic heterocycles. The van der Waals surface area contributed by atoms with Gasteiger partial charge in [0.1, 0.15) is 5.75 Å². The van der Waals surface area contributed by atoms with E-state index in [-0.39, 0.29) is 42.5 Å². The number of carbonyl (C=O) groups excluding carboxylic acids is 4. The summed E-state index contributed by atoms with van der Waals surface area (Å²) < 4.78 is 6.11. The lowest BCUT2D eigenvalue weighted by molar-refractivity contribution is -0.141. The van der Waals surface area contributed by atoms with Crippen LogP contribution in [0.3, 0.4) is 0 Å². The van der Waals surface area contributed by atoms with Crippen molar-refractivity contribution in [2.24, 2.45) is 11.7 Å². The van der Waals surface area contributed by atoms with Crippen molar-refractivity contribution in [1.29, 1.82) is 0 Å². The minimum absolute atomic E-state index is 0.0132. The number of piperidine rings is 1. The first kappa shape index (κ1) is 20.2. The summed E-state index contributed by atoms with van der Waals surface area (Å²) in [7, 11) is 0. The van der Waals surface area contributed by atoms with Gasteiger partial charge >= 0.3 is 0 Å². The fourth-order valence-electron chi connectivity index (χ4n) is 4.36. The second-order valence-corrected chi connectivity index (χ2v) is 8.17. The van der Waals surface area contributed by atoms with Gasteiger partial charge in [-0.2, -0.15) is 0 Å². The number of nitrogens with two attached hydrogens (primary N) is 1. The number of nitrogens with zero attached hydrogens (tertiary/aromatic N) is 2. The second-order valence-electron chi connectivity index (χ2n) is 8.17. The predicted octanol–water partition coefficient (Wildman–Crippen LogP) is 0.242. The van der Waals surface area contributed by atoms with E-state index in [2.05, 4.69) is 5.32 Å². The molecule has 1 aromatic rings. The highest BCUT2D eigenvalue weighted by atomic mass is 16.5. The summed E-state index contributed by atoms with van der Waals surface area (Å²) >= 11 is 0. The molecule has 0 unspecified atom stereocenters. The van der Waals surface area contributed by atoms with Crippen molar-refractivity contribution in [3.8, 4) is 5.75 Å². The molecule has 3 aliphatic rings. The molecule has 4 amide bonds. The molecule has 0 aliphatic carbocycles. The number of benzene rings is 1. The number of carbonyl (C=O) groups is 4. The highest BCUT2D eigenvalue weighted by Gasteiger charge is 2.43. The van der Waals surface area contributed by atoms with Crippen molar-refractivity contribution < 1.29 is 23.9 Å². The van der Waals surface area contributed by atoms with Crippen LogP contribution in [0.5, 0.6) is 5.75 Å². The minimum atomic E-state index is -0.946. The molecule has 1 aromatic carbocycles. The van der Waals surface area contributed by atoms with E-state index in [0.29, 0.717) is 56.6 Å². The maximum absolute atomic E-state index is 12.7. The normalized spacial score (nSPS) is 24.7. The summed E-state index contributed by atoms with van der Waals surface area (Å²) in [6.07, 6.45) is 2.03. The predicted molar refractivity (Wildman–Crippen MR) is 106 cm³/mol. The van der Waals surface area contributed by atoms with E-state index in [1.54, 1.807) is 29.2 Å². The zero-order chi connectivity index (χ0) is 21.3. The van der Waals surface area contributed by atoms with Crippen LogP contribution < -0.4 is 15.8 Å². The van der Waals surface area contributed by atoms with Gasteiger partial charge in [-0.25, -0.2) is 0 Å². The molecule has 9 heteroatoms. The lowest BCUT2D eigenvalue weighted by Gasteiger charge is -2.38. The maximum Gasteiger partial charge on any atom is 0.258 e. The minimum Gasteiger partial charge on any atom is -0.467 e. The molecule has 30 heavy (non-hydrogen) atoms. The Morgan fingerprint density at radius 3 is 2.60 bits per heavy atom. The van der Waals surface area contributed by atoms with Crippen molar-refractivity contribution in [3.05, 3.63) is 29.8 Å². The quantitative estimate of drug-likeness (QED) is 0.734. The lowest BCUT2D eigenvalue weighted by Crippen LogP contribution is -2.56. The Morgan fingerprint density at radius 1 is 1.13 bits per heavy atom. The fourth-order valence-corrected chi connectivity index (χ4v) is 4.36. The third kappa shape index (κ3) is 3.96. The summed E-state index contributed by atoms with van der Waals surface area (Å²) in [5.41, 5.74) is 4.88. The Labute approximate surface area is 174 Å². The van der Waals surface area contributed by atoms with E-state index in [0.717, 1.165) is 0 Å². The number of ether oxygens (including phenoxy) is 1. The van der Waals surface area contributed by atoms with Crippen LogP contribution in [-0.4, -0.2) is 65.3 Å². The van der Waals surface area contributed by atoms with Gasteiger partial charge in [0.05, 0.1) is 12.1 Å². The van der Waals surface area contributed by atoms with Gasteiger partial charge in [-0.3, -0.25) is 19.2 Å². The van der Waals surface area contributed by atoms with Crippen molar-refractivity contribution >= 4 is 23.6 Å². The van der Waals surface area contributed by atoms with E-state index < -0.39 is 5.72 Å². The van der Waals surface area contributed by atoms with Crippen molar-refractivity contribution in [1.82, 2.24) is 15.1 Å². The number of hydrogen-bond acceptors (Lipinski definition) is 5. The van der Waals surface area contributed by atoms with Crippen LogP contribution >= 0.6 is 0 Å². The first-order chi connectivity index (χ1) is 14.4. The highest BCUT2D eigenvalue weighted by Crippen LogP contribution is 2.33. The number of para-hydroxylation sites is 1. The number of amides is 4. The fraction of sp³-hybridized carbons (Fsp3) is 0.524. The Bertz CT molecular complexity index is 880. The molecule has 3 heterocycles. The average Bonchev–Trinajstić information content (AvgIpc) is 2.88. The summed E-state index contributed by atoms with van der Waals surface area (Å²) in [6.45, 7) is 1.23. The van der Waals surface area contributed by atoms with Gasteiger partial charge in [-0.15, -0.1) is 0 Å². The van der Waals surface area contributed by atoms with E-state index in [1.165, 1.54) is 4.90 Å². The van der Waals surface area contributed by atoms with Gasteiger partial charge in [-0.05, 0) is 25.0 Å². The number of fused-ring (bicyclic) bond motifs is 1. The molecular weight excluding hydrogens is 388 g/mol. The van der Waals surface area contributed by atoms with E-state index >= 15 is 0 Å². The Morgan fingerprint density at radius 2 is 1.87 bits per heavy atom. The van der Waals surface area contributed by atoms with Crippen LogP contribution in [0.15, 0.2) is 24.3 Å². The van der Waals surface area contributed by atoms with E-state index in [1.807, 2.05) is 0 Å². The Balaban J connectivity index is 1.38. The van der Waals surface area contributed by atoms with Gasteiger partial charge in [0, 0.05) is 44.8 Å². The Hall–Kier alpha value is -3.10. The van der Waals surface area contributed by atoms with Crippen LogP contribution in [-0.2, 0) is 14.4 Å². The first-order valence-electron chi connectivity index (χ1n) is 10.3. The van der Waals surface area contributed by atoms with Crippen LogP contribution in [0, 0.1) is 5.92 Å². The molecular formula is C21H26N4O5. The van der Waals surface area contributed by atoms with Gasteiger partial charge in [0.25, 0.3) is 5.91 Å². The average molecular weight is 414 g/mol. The summed E-state index contributed by atoms with van der Waals surface area (Å²) in [6, 6.07) is 7.03. The third-order valence-corrected chi connectivity index (χ3v) is 6.24. The van der Waals surface area contributed by atoms with Crippen LogP contribution in [0.4, 0.5) is 0 Å². The molecule has 0 bridgehead atoms. The molecule has 160 valence electrons. The topological polar surface area (TPSA) is 122 Å². The number of primary amides is 1. The van der Waals surface area contributed by atoms with Gasteiger partial charge in [0.15, 0.2) is 5.72 Å². The lowest BCUT2D eigenvalue weighted by atomic mass is 9.96. The summed E-state index contributed by atoms with van der Waals surface area (Å²) in [5.74, 6) is -0.498. The first-order valence-corrected chi connectivity index (χ1v) is 10.3. The molecule has 2 fully saturated rings. The summed E-state index contributed by atoms with van der Waals surface area (Å²) in [5, 5.41) is 2.92. The molecule has 0 saturated carbocycles. The van der Waals surface area contributed by atoms with E-state index in [9.17, 15) is 19.2 Å². The SMILES string of the molecule is NC(=O)C1CCN(C(=O)CN2CC[C@@]3(CCC2=O)NC(=O)c2ccccc2O3)CC1. The van der Waals surface area contributed by atoms with Crippen LogP contribution in [0.1, 0.15) is 42.5 Å². The second kappa shape index (κ2) is 7.97. The summed E-state index contributed by atoms with van der Waals surface area (Å²) in [4.78, 5) is 52.4. The third-order valence-electron chi connectivity index (χ3n) is 6.24. The van der Waals surface area contributed by atoms with Crippen LogP contribution in [0.25, 0.3) is 0 Å². The molecule has 1 atom stereocenters. The number of nitrogens with one attached hydrogen (secondary N) is 1. The van der Waals surface area contributed by atoms with Crippen molar-refractivity contribution in [2.75, 3.05) is 26.2 Å². The number of likely N-dealkylation sites (tertiary alicyclic amines) is 2. The van der Waals surface area contributed by atoms with Crippen molar-refractivity contribution in [3.63, 3.8) is 0 Å². The highest BCUT2D eigenvalue weighted by molar-refractivity contribution is 5.98. The van der Waals surface area contributed by atoms with Crippen molar-refractivity contribution in [2.45, 2.75) is 37.8 Å². The molecule has 0 radical (unpaired) electrons. The van der Waals surface area contributed by atoms with Gasteiger partial charge in [-0.1, -0.05) is 12.1 Å². The molecule has 3 N–H and O–H groups in total.